The molecule has 1 aromatic rings. The fourth-order valence-corrected chi connectivity index (χ4v) is 1.36. The molecule has 2 heteroatoms. The first kappa shape index (κ1) is 13.0. The van der Waals surface area contributed by atoms with Crippen LogP contribution in [-0.4, -0.2) is 18.3 Å². The zero-order valence-corrected chi connectivity index (χ0v) is 10.7. The van der Waals surface area contributed by atoms with Crippen molar-refractivity contribution in [3.63, 3.8) is 0 Å². The summed E-state index contributed by atoms with van der Waals surface area (Å²) < 4.78 is 5.61. The smallest absolute Gasteiger partial charge is 0.119 e. The minimum atomic E-state index is -0.184. The standard InChI is InChI=1S/C14H22O2/c1-11(2)9-16-13-7-5-12(6-8-13)14(3,4)10-15/h5-8,11,15H,9-10H2,1-4H3. The molecule has 0 aromatic heterocycles. The van der Waals surface area contributed by atoms with Crippen molar-refractivity contribution in [2.24, 2.45) is 5.92 Å². The van der Waals surface area contributed by atoms with Crippen LogP contribution >= 0.6 is 0 Å². The Balaban J connectivity index is 2.68. The molecule has 0 heterocycles. The van der Waals surface area contributed by atoms with Crippen molar-refractivity contribution in [3.05, 3.63) is 29.8 Å². The molecule has 90 valence electrons. The fourth-order valence-electron chi connectivity index (χ4n) is 1.36. The van der Waals surface area contributed by atoms with E-state index in [1.165, 1.54) is 0 Å². The number of benzene rings is 1. The van der Waals surface area contributed by atoms with Gasteiger partial charge in [-0.3, -0.25) is 0 Å². The summed E-state index contributed by atoms with van der Waals surface area (Å²) >= 11 is 0. The minimum Gasteiger partial charge on any atom is -0.493 e. The van der Waals surface area contributed by atoms with Gasteiger partial charge in [0.05, 0.1) is 13.2 Å². The summed E-state index contributed by atoms with van der Waals surface area (Å²) in [4.78, 5) is 0. The summed E-state index contributed by atoms with van der Waals surface area (Å²) in [5.41, 5.74) is 0.947. The maximum absolute atomic E-state index is 9.26. The Kier molecular flexibility index (Phi) is 4.36. The van der Waals surface area contributed by atoms with Crippen LogP contribution in [0.15, 0.2) is 24.3 Å². The number of hydrogen-bond donors (Lipinski definition) is 1. The molecular weight excluding hydrogens is 200 g/mol. The van der Waals surface area contributed by atoms with Crippen LogP contribution in [-0.2, 0) is 5.41 Å². The van der Waals surface area contributed by atoms with E-state index in [1.54, 1.807) is 0 Å². The molecular formula is C14H22O2. The topological polar surface area (TPSA) is 29.5 Å². The Hall–Kier alpha value is -1.02. The van der Waals surface area contributed by atoms with Gasteiger partial charge in [0.15, 0.2) is 0 Å². The maximum atomic E-state index is 9.26. The number of aliphatic hydroxyl groups is 1. The molecule has 1 rings (SSSR count). The molecule has 1 N–H and O–H groups in total. The summed E-state index contributed by atoms with van der Waals surface area (Å²) in [7, 11) is 0. The molecule has 0 aliphatic heterocycles. The average Bonchev–Trinajstić information content (AvgIpc) is 2.27. The lowest BCUT2D eigenvalue weighted by Crippen LogP contribution is -2.21. The molecule has 0 aliphatic rings. The van der Waals surface area contributed by atoms with E-state index < -0.39 is 0 Å². The molecule has 0 saturated heterocycles. The fraction of sp³-hybridized carbons (Fsp3) is 0.571. The first-order valence-electron chi connectivity index (χ1n) is 5.80. The van der Waals surface area contributed by atoms with Gasteiger partial charge in [-0.25, -0.2) is 0 Å². The molecule has 0 spiro atoms. The molecule has 0 bridgehead atoms. The Morgan fingerprint density at radius 1 is 1.19 bits per heavy atom. The Bertz CT molecular complexity index is 312. The van der Waals surface area contributed by atoms with Crippen molar-refractivity contribution in [3.8, 4) is 5.75 Å². The van der Waals surface area contributed by atoms with Gasteiger partial charge in [0.1, 0.15) is 5.75 Å². The highest BCUT2D eigenvalue weighted by atomic mass is 16.5. The predicted octanol–water partition coefficient (Wildman–Crippen LogP) is 2.99. The van der Waals surface area contributed by atoms with E-state index in [1.807, 2.05) is 38.1 Å². The van der Waals surface area contributed by atoms with Crippen LogP contribution in [0.5, 0.6) is 5.75 Å². The van der Waals surface area contributed by atoms with E-state index in [4.69, 9.17) is 4.74 Å². The molecule has 0 unspecified atom stereocenters. The normalized spacial score (nSPS) is 11.9. The molecule has 0 fully saturated rings. The summed E-state index contributed by atoms with van der Waals surface area (Å²) in [5.74, 6) is 1.43. The van der Waals surface area contributed by atoms with Crippen molar-refractivity contribution < 1.29 is 9.84 Å². The summed E-state index contributed by atoms with van der Waals surface area (Å²) in [5, 5.41) is 9.26. The van der Waals surface area contributed by atoms with Crippen LogP contribution in [0, 0.1) is 5.92 Å². The molecule has 0 radical (unpaired) electrons. The molecule has 0 atom stereocenters. The van der Waals surface area contributed by atoms with E-state index in [2.05, 4.69) is 13.8 Å². The minimum absolute atomic E-state index is 0.152. The van der Waals surface area contributed by atoms with Crippen molar-refractivity contribution in [1.82, 2.24) is 0 Å². The lowest BCUT2D eigenvalue weighted by molar-refractivity contribution is 0.218. The monoisotopic (exact) mass is 222 g/mol. The number of rotatable bonds is 5. The number of hydrogen-bond acceptors (Lipinski definition) is 2. The van der Waals surface area contributed by atoms with E-state index in [0.717, 1.165) is 17.9 Å². The molecule has 1 aromatic carbocycles. The lowest BCUT2D eigenvalue weighted by atomic mass is 9.86. The highest BCUT2D eigenvalue weighted by Crippen LogP contribution is 2.24. The second-order valence-electron chi connectivity index (χ2n) is 5.27. The average molecular weight is 222 g/mol. The van der Waals surface area contributed by atoms with Crippen molar-refractivity contribution in [2.45, 2.75) is 33.1 Å². The van der Waals surface area contributed by atoms with Crippen molar-refractivity contribution in [2.75, 3.05) is 13.2 Å². The van der Waals surface area contributed by atoms with E-state index in [0.29, 0.717) is 5.92 Å². The Labute approximate surface area is 98.3 Å². The van der Waals surface area contributed by atoms with Crippen LogP contribution in [0.3, 0.4) is 0 Å². The highest BCUT2D eigenvalue weighted by Gasteiger charge is 2.18. The third-order valence-electron chi connectivity index (χ3n) is 2.61. The highest BCUT2D eigenvalue weighted by molar-refractivity contribution is 5.31. The molecule has 0 aliphatic carbocycles. The Morgan fingerprint density at radius 2 is 1.75 bits per heavy atom. The summed E-state index contributed by atoms with van der Waals surface area (Å²) in [6.45, 7) is 9.20. The molecule has 2 nitrogen and oxygen atoms in total. The van der Waals surface area contributed by atoms with Crippen LogP contribution in [0.2, 0.25) is 0 Å². The molecule has 16 heavy (non-hydrogen) atoms. The SMILES string of the molecule is CC(C)COc1ccc(C(C)(C)CO)cc1. The van der Waals surface area contributed by atoms with Crippen LogP contribution in [0.1, 0.15) is 33.3 Å². The van der Waals surface area contributed by atoms with Gasteiger partial charge in [0, 0.05) is 5.41 Å². The van der Waals surface area contributed by atoms with Gasteiger partial charge in [-0.15, -0.1) is 0 Å². The summed E-state index contributed by atoms with van der Waals surface area (Å²) in [6, 6.07) is 7.97. The quantitative estimate of drug-likeness (QED) is 0.830. The van der Waals surface area contributed by atoms with E-state index >= 15 is 0 Å². The van der Waals surface area contributed by atoms with Gasteiger partial charge >= 0.3 is 0 Å². The third kappa shape index (κ3) is 3.53. The Morgan fingerprint density at radius 3 is 2.19 bits per heavy atom. The van der Waals surface area contributed by atoms with Crippen molar-refractivity contribution >= 4 is 0 Å². The predicted molar refractivity (Wildman–Crippen MR) is 66.9 cm³/mol. The largest absolute Gasteiger partial charge is 0.493 e. The second-order valence-corrected chi connectivity index (χ2v) is 5.27. The second kappa shape index (κ2) is 5.35. The van der Waals surface area contributed by atoms with Gasteiger partial charge in [0.2, 0.25) is 0 Å². The van der Waals surface area contributed by atoms with Gasteiger partial charge < -0.3 is 9.84 Å². The van der Waals surface area contributed by atoms with Crippen molar-refractivity contribution in [1.29, 1.82) is 0 Å². The van der Waals surface area contributed by atoms with Gasteiger partial charge in [-0.05, 0) is 23.6 Å². The van der Waals surface area contributed by atoms with Gasteiger partial charge in [0.25, 0.3) is 0 Å². The third-order valence-corrected chi connectivity index (χ3v) is 2.61. The van der Waals surface area contributed by atoms with Gasteiger partial charge in [-0.2, -0.15) is 0 Å². The first-order valence-corrected chi connectivity index (χ1v) is 5.80. The number of ether oxygens (including phenoxy) is 1. The number of aliphatic hydroxyl groups excluding tert-OH is 1. The van der Waals surface area contributed by atoms with Crippen LogP contribution in [0.25, 0.3) is 0 Å². The van der Waals surface area contributed by atoms with Gasteiger partial charge in [-0.1, -0.05) is 39.8 Å². The zero-order valence-electron chi connectivity index (χ0n) is 10.7. The lowest BCUT2D eigenvalue weighted by Gasteiger charge is -2.22. The molecule has 0 saturated carbocycles. The molecule has 0 amide bonds. The summed E-state index contributed by atoms with van der Waals surface area (Å²) in [6.07, 6.45) is 0. The van der Waals surface area contributed by atoms with Crippen LogP contribution < -0.4 is 4.74 Å². The first-order chi connectivity index (χ1) is 7.45. The van der Waals surface area contributed by atoms with E-state index in [9.17, 15) is 5.11 Å². The zero-order chi connectivity index (χ0) is 12.2. The maximum Gasteiger partial charge on any atom is 0.119 e. The van der Waals surface area contributed by atoms with Crippen LogP contribution in [0.4, 0.5) is 0 Å². The van der Waals surface area contributed by atoms with E-state index in [-0.39, 0.29) is 12.0 Å².